The zero-order valence-electron chi connectivity index (χ0n) is 12.9. The van der Waals surface area contributed by atoms with Crippen LogP contribution in [0.4, 0.5) is 0 Å². The molecular formula is C17H18N4S. The summed E-state index contributed by atoms with van der Waals surface area (Å²) in [7, 11) is 0. The topological polar surface area (TPSA) is 43.6 Å². The summed E-state index contributed by atoms with van der Waals surface area (Å²) in [6, 6.07) is 16.7. The summed E-state index contributed by atoms with van der Waals surface area (Å²) in [5.41, 5.74) is 4.70. The maximum Gasteiger partial charge on any atom is 0.214 e. The van der Waals surface area contributed by atoms with Gasteiger partial charge in [-0.3, -0.25) is 0 Å². The maximum atomic E-state index is 4.19. The van der Waals surface area contributed by atoms with Crippen LogP contribution >= 0.6 is 11.8 Å². The number of hydrogen-bond donors (Lipinski definition) is 0. The number of aromatic nitrogens is 4. The van der Waals surface area contributed by atoms with Gasteiger partial charge in [0.25, 0.3) is 0 Å². The lowest BCUT2D eigenvalue weighted by atomic mass is 10.1. The van der Waals surface area contributed by atoms with Crippen LogP contribution in [-0.2, 0) is 0 Å². The molecule has 3 rings (SSSR count). The first-order chi connectivity index (χ1) is 10.6. The highest BCUT2D eigenvalue weighted by atomic mass is 32.2. The molecule has 0 N–H and O–H groups in total. The summed E-state index contributed by atoms with van der Waals surface area (Å²) in [5, 5.41) is 13.3. The van der Waals surface area contributed by atoms with Gasteiger partial charge in [-0.15, -0.1) is 5.10 Å². The molecule has 0 fully saturated rings. The van der Waals surface area contributed by atoms with Crippen molar-refractivity contribution in [2.75, 3.05) is 0 Å². The van der Waals surface area contributed by atoms with Crippen molar-refractivity contribution in [1.29, 1.82) is 0 Å². The highest BCUT2D eigenvalue weighted by Crippen LogP contribution is 2.34. The number of nitrogens with zero attached hydrogens (tertiary/aromatic N) is 4. The summed E-state index contributed by atoms with van der Waals surface area (Å²) in [6.07, 6.45) is 0. The minimum absolute atomic E-state index is 0.289. The lowest BCUT2D eigenvalue weighted by Gasteiger charge is -2.12. The van der Waals surface area contributed by atoms with Gasteiger partial charge in [0.2, 0.25) is 5.16 Å². The molecular weight excluding hydrogens is 292 g/mol. The van der Waals surface area contributed by atoms with E-state index in [9.17, 15) is 0 Å². The highest BCUT2D eigenvalue weighted by molar-refractivity contribution is 7.99. The molecule has 0 amide bonds. The zero-order valence-corrected chi connectivity index (χ0v) is 13.7. The van der Waals surface area contributed by atoms with Crippen molar-refractivity contribution in [3.05, 3.63) is 65.2 Å². The third kappa shape index (κ3) is 3.04. The fourth-order valence-corrected chi connectivity index (χ4v) is 3.32. The quantitative estimate of drug-likeness (QED) is 0.680. The third-order valence-electron chi connectivity index (χ3n) is 3.57. The van der Waals surface area contributed by atoms with Crippen molar-refractivity contribution in [3.63, 3.8) is 0 Å². The van der Waals surface area contributed by atoms with E-state index in [1.807, 2.05) is 10.7 Å². The van der Waals surface area contributed by atoms with Crippen LogP contribution in [0.2, 0.25) is 0 Å². The number of hydrogen-bond acceptors (Lipinski definition) is 4. The summed E-state index contributed by atoms with van der Waals surface area (Å²) in [5.74, 6) is 0. The maximum absolute atomic E-state index is 4.19. The molecule has 0 unspecified atom stereocenters. The fraction of sp³-hybridized carbons (Fsp3) is 0.235. The molecule has 0 aliphatic rings. The number of tetrazole rings is 1. The fourth-order valence-electron chi connectivity index (χ4n) is 2.40. The summed E-state index contributed by atoms with van der Waals surface area (Å²) in [6.45, 7) is 6.34. The van der Waals surface area contributed by atoms with Gasteiger partial charge in [-0.2, -0.15) is 4.68 Å². The Morgan fingerprint density at radius 2 is 1.82 bits per heavy atom. The molecule has 1 aromatic heterocycles. The Labute approximate surface area is 134 Å². The Bertz CT molecular complexity index is 767. The van der Waals surface area contributed by atoms with Gasteiger partial charge in [-0.25, -0.2) is 0 Å². The van der Waals surface area contributed by atoms with Crippen molar-refractivity contribution in [2.45, 2.75) is 31.2 Å². The first kappa shape index (κ1) is 14.8. The first-order valence-electron chi connectivity index (χ1n) is 7.23. The SMILES string of the molecule is Cc1ccc(-n2nnnc2S[C@H](C)c2ccccc2)c(C)c1. The Morgan fingerprint density at radius 1 is 1.05 bits per heavy atom. The molecule has 0 aliphatic heterocycles. The number of aryl methyl sites for hydroxylation is 2. The van der Waals surface area contributed by atoms with Gasteiger partial charge < -0.3 is 0 Å². The van der Waals surface area contributed by atoms with Gasteiger partial charge in [0.15, 0.2) is 0 Å². The second kappa shape index (κ2) is 6.32. The molecule has 112 valence electrons. The average molecular weight is 310 g/mol. The standard InChI is InChI=1S/C17H18N4S/c1-12-9-10-16(13(2)11-12)21-17(18-19-20-21)22-14(3)15-7-5-4-6-8-15/h4-11,14H,1-3H3/t14-/m1/s1. The van der Waals surface area contributed by atoms with Crippen LogP contribution in [0.1, 0.15) is 28.9 Å². The second-order valence-corrected chi connectivity index (χ2v) is 6.64. The molecule has 0 aliphatic carbocycles. The molecule has 5 heteroatoms. The Morgan fingerprint density at radius 3 is 2.55 bits per heavy atom. The molecule has 0 radical (unpaired) electrons. The van der Waals surface area contributed by atoms with E-state index >= 15 is 0 Å². The molecule has 2 aromatic carbocycles. The predicted molar refractivity (Wildman–Crippen MR) is 89.3 cm³/mol. The molecule has 0 bridgehead atoms. The molecule has 0 spiro atoms. The Kier molecular flexibility index (Phi) is 4.24. The van der Waals surface area contributed by atoms with Gasteiger partial charge in [-0.1, -0.05) is 59.8 Å². The molecule has 1 heterocycles. The summed E-state index contributed by atoms with van der Waals surface area (Å²) < 4.78 is 1.82. The smallest absolute Gasteiger partial charge is 0.187 e. The largest absolute Gasteiger partial charge is 0.214 e. The molecule has 22 heavy (non-hydrogen) atoms. The van der Waals surface area contributed by atoms with E-state index in [1.54, 1.807) is 11.8 Å². The van der Waals surface area contributed by atoms with E-state index in [1.165, 1.54) is 16.7 Å². The van der Waals surface area contributed by atoms with E-state index in [2.05, 4.69) is 78.8 Å². The van der Waals surface area contributed by atoms with Crippen molar-refractivity contribution in [3.8, 4) is 5.69 Å². The van der Waals surface area contributed by atoms with Crippen LogP contribution in [0.5, 0.6) is 0 Å². The lowest BCUT2D eigenvalue weighted by Crippen LogP contribution is -2.02. The van der Waals surface area contributed by atoms with Gasteiger partial charge >= 0.3 is 0 Å². The third-order valence-corrected chi connectivity index (χ3v) is 4.66. The Hall–Kier alpha value is -2.14. The predicted octanol–water partition coefficient (Wildman–Crippen LogP) is 4.13. The molecule has 4 nitrogen and oxygen atoms in total. The van der Waals surface area contributed by atoms with Crippen LogP contribution in [0.15, 0.2) is 53.7 Å². The lowest BCUT2D eigenvalue weighted by molar-refractivity contribution is 0.750. The van der Waals surface area contributed by atoms with Crippen LogP contribution < -0.4 is 0 Å². The number of benzene rings is 2. The van der Waals surface area contributed by atoms with Gasteiger partial charge in [0, 0.05) is 5.25 Å². The molecule has 0 saturated heterocycles. The van der Waals surface area contributed by atoms with Crippen LogP contribution in [0.25, 0.3) is 5.69 Å². The van der Waals surface area contributed by atoms with Crippen molar-refractivity contribution >= 4 is 11.8 Å². The van der Waals surface area contributed by atoms with Crippen LogP contribution in [0.3, 0.4) is 0 Å². The van der Waals surface area contributed by atoms with E-state index in [4.69, 9.17) is 0 Å². The minimum Gasteiger partial charge on any atom is -0.187 e. The van der Waals surface area contributed by atoms with Gasteiger partial charge in [-0.05, 0) is 48.4 Å². The zero-order chi connectivity index (χ0) is 15.5. The minimum atomic E-state index is 0.289. The van der Waals surface area contributed by atoms with Crippen molar-refractivity contribution < 1.29 is 0 Å². The first-order valence-corrected chi connectivity index (χ1v) is 8.11. The highest BCUT2D eigenvalue weighted by Gasteiger charge is 2.15. The summed E-state index contributed by atoms with van der Waals surface area (Å²) >= 11 is 1.66. The van der Waals surface area contributed by atoms with E-state index < -0.39 is 0 Å². The van der Waals surface area contributed by atoms with Gasteiger partial charge in [0.05, 0.1) is 5.69 Å². The van der Waals surface area contributed by atoms with Crippen LogP contribution in [0, 0.1) is 13.8 Å². The molecule has 3 aromatic rings. The normalized spacial score (nSPS) is 12.3. The monoisotopic (exact) mass is 310 g/mol. The molecule has 1 atom stereocenters. The number of rotatable bonds is 4. The van der Waals surface area contributed by atoms with Crippen molar-refractivity contribution in [1.82, 2.24) is 20.2 Å². The number of thioether (sulfide) groups is 1. The second-order valence-electron chi connectivity index (χ2n) is 5.33. The molecule has 0 saturated carbocycles. The van der Waals surface area contributed by atoms with E-state index in [-0.39, 0.29) is 5.25 Å². The average Bonchev–Trinajstić information content (AvgIpc) is 2.96. The van der Waals surface area contributed by atoms with Crippen LogP contribution in [-0.4, -0.2) is 20.2 Å². The van der Waals surface area contributed by atoms with Gasteiger partial charge in [0.1, 0.15) is 0 Å². The van der Waals surface area contributed by atoms with Crippen molar-refractivity contribution in [2.24, 2.45) is 0 Å². The summed E-state index contributed by atoms with van der Waals surface area (Å²) in [4.78, 5) is 0. The van der Waals surface area contributed by atoms with E-state index in [0.29, 0.717) is 0 Å². The Balaban J connectivity index is 1.89. The van der Waals surface area contributed by atoms with E-state index in [0.717, 1.165) is 10.8 Å².